The van der Waals surface area contributed by atoms with Gasteiger partial charge in [-0.3, -0.25) is 4.79 Å². The van der Waals surface area contributed by atoms with Gasteiger partial charge in [-0.2, -0.15) is 5.10 Å². The van der Waals surface area contributed by atoms with Gasteiger partial charge in [-0.05, 0) is 6.07 Å². The van der Waals surface area contributed by atoms with Gasteiger partial charge < -0.3 is 9.80 Å². The molecule has 0 bridgehead atoms. The molecule has 3 heterocycles. The second-order valence-electron chi connectivity index (χ2n) is 5.44. The third-order valence-electron chi connectivity index (χ3n) is 3.59. The molecule has 0 atom stereocenters. The lowest BCUT2D eigenvalue weighted by atomic mass is 10.0. The maximum absolute atomic E-state index is 11.6. The predicted molar refractivity (Wildman–Crippen MR) is 80.6 cm³/mol. The average molecular weight is 286 g/mol. The van der Waals surface area contributed by atoms with Crippen LogP contribution in [-0.4, -0.2) is 46.9 Å². The zero-order valence-corrected chi connectivity index (χ0v) is 12.2. The molecule has 2 aromatic rings. The molecular formula is C14H18N6O. The maximum atomic E-state index is 11.6. The van der Waals surface area contributed by atoms with Crippen LogP contribution in [0.2, 0.25) is 0 Å². The molecule has 0 aliphatic carbocycles. The van der Waals surface area contributed by atoms with Crippen LogP contribution in [0.15, 0.2) is 35.5 Å². The summed E-state index contributed by atoms with van der Waals surface area (Å²) < 4.78 is 1.52. The summed E-state index contributed by atoms with van der Waals surface area (Å²) in [4.78, 5) is 24.3. The van der Waals surface area contributed by atoms with E-state index in [1.165, 1.54) is 10.7 Å². The van der Waals surface area contributed by atoms with Crippen LogP contribution in [0.1, 0.15) is 0 Å². The van der Waals surface area contributed by atoms with Gasteiger partial charge >= 0.3 is 0 Å². The van der Waals surface area contributed by atoms with Crippen LogP contribution in [0.5, 0.6) is 0 Å². The van der Waals surface area contributed by atoms with Crippen molar-refractivity contribution in [3.05, 3.63) is 41.1 Å². The first-order chi connectivity index (χ1) is 10.1. The van der Waals surface area contributed by atoms with Crippen molar-refractivity contribution in [3.63, 3.8) is 0 Å². The molecule has 0 N–H and O–H groups in total. The van der Waals surface area contributed by atoms with Crippen molar-refractivity contribution < 1.29 is 0 Å². The molecule has 3 rings (SSSR count). The second-order valence-corrected chi connectivity index (χ2v) is 5.44. The zero-order chi connectivity index (χ0) is 14.8. The first kappa shape index (κ1) is 13.5. The molecule has 0 spiro atoms. The van der Waals surface area contributed by atoms with Gasteiger partial charge in [-0.1, -0.05) is 0 Å². The lowest BCUT2D eigenvalue weighted by Crippen LogP contribution is -2.50. The number of anilines is 2. The fraction of sp³-hybridized carbons (Fsp3) is 0.429. The number of nitrogens with zero attached hydrogens (tertiary/aromatic N) is 6. The Balaban J connectivity index is 1.62. The molecule has 0 amide bonds. The van der Waals surface area contributed by atoms with Gasteiger partial charge in [0.25, 0.3) is 5.56 Å². The summed E-state index contributed by atoms with van der Waals surface area (Å²) in [6, 6.07) is 5.18. The molecule has 21 heavy (non-hydrogen) atoms. The Kier molecular flexibility index (Phi) is 3.55. The first-order valence-corrected chi connectivity index (χ1v) is 6.90. The van der Waals surface area contributed by atoms with Crippen molar-refractivity contribution in [2.45, 2.75) is 6.54 Å². The summed E-state index contributed by atoms with van der Waals surface area (Å²) >= 11 is 0. The van der Waals surface area contributed by atoms with E-state index in [2.05, 4.69) is 20.0 Å². The quantitative estimate of drug-likeness (QED) is 0.802. The maximum Gasteiger partial charge on any atom is 0.266 e. The van der Waals surface area contributed by atoms with Gasteiger partial charge in [0.15, 0.2) is 0 Å². The summed E-state index contributed by atoms with van der Waals surface area (Å²) in [5.41, 5.74) is -0.0483. The second kappa shape index (κ2) is 5.51. The van der Waals surface area contributed by atoms with Crippen molar-refractivity contribution in [1.82, 2.24) is 19.7 Å². The SMILES string of the molecule is CN(C)c1cc(N2CC(Cn3ncccc3=O)C2)ncn1. The molecule has 7 nitrogen and oxygen atoms in total. The number of hydrogen-bond acceptors (Lipinski definition) is 6. The van der Waals surface area contributed by atoms with E-state index in [1.54, 1.807) is 18.6 Å². The van der Waals surface area contributed by atoms with Crippen LogP contribution in [0, 0.1) is 5.92 Å². The molecule has 0 radical (unpaired) electrons. The van der Waals surface area contributed by atoms with E-state index in [-0.39, 0.29) is 5.56 Å². The number of aromatic nitrogens is 4. The van der Waals surface area contributed by atoms with Gasteiger partial charge in [0.05, 0.1) is 6.54 Å². The lowest BCUT2D eigenvalue weighted by Gasteiger charge is -2.40. The minimum Gasteiger partial charge on any atom is -0.363 e. The van der Waals surface area contributed by atoms with Crippen LogP contribution in [0.4, 0.5) is 11.6 Å². The molecule has 2 aromatic heterocycles. The fourth-order valence-electron chi connectivity index (χ4n) is 2.40. The summed E-state index contributed by atoms with van der Waals surface area (Å²) in [5, 5.41) is 4.09. The van der Waals surface area contributed by atoms with Crippen molar-refractivity contribution in [3.8, 4) is 0 Å². The molecule has 1 fully saturated rings. The topological polar surface area (TPSA) is 67.2 Å². The van der Waals surface area contributed by atoms with Gasteiger partial charge in [0, 0.05) is 51.4 Å². The van der Waals surface area contributed by atoms with E-state index in [1.807, 2.05) is 25.1 Å². The predicted octanol–water partition coefficient (Wildman–Crippen LogP) is 0.236. The normalized spacial score (nSPS) is 14.9. The molecule has 7 heteroatoms. The average Bonchev–Trinajstić information content (AvgIpc) is 2.44. The lowest BCUT2D eigenvalue weighted by molar-refractivity contribution is 0.333. The third-order valence-corrected chi connectivity index (χ3v) is 3.59. The number of hydrogen-bond donors (Lipinski definition) is 0. The van der Waals surface area contributed by atoms with Crippen LogP contribution in [0.3, 0.4) is 0 Å². The largest absolute Gasteiger partial charge is 0.363 e. The van der Waals surface area contributed by atoms with Crippen LogP contribution < -0.4 is 15.4 Å². The van der Waals surface area contributed by atoms with Crippen molar-refractivity contribution in [2.75, 3.05) is 37.0 Å². The fourth-order valence-corrected chi connectivity index (χ4v) is 2.40. The molecular weight excluding hydrogens is 268 g/mol. The van der Waals surface area contributed by atoms with Crippen LogP contribution in [-0.2, 0) is 6.54 Å². The van der Waals surface area contributed by atoms with Gasteiger partial charge in [-0.25, -0.2) is 14.6 Å². The summed E-state index contributed by atoms with van der Waals surface area (Å²) in [6.45, 7) is 2.42. The monoisotopic (exact) mass is 286 g/mol. The first-order valence-electron chi connectivity index (χ1n) is 6.90. The Morgan fingerprint density at radius 3 is 2.86 bits per heavy atom. The Labute approximate surface area is 122 Å². The van der Waals surface area contributed by atoms with Crippen molar-refractivity contribution in [1.29, 1.82) is 0 Å². The Bertz CT molecular complexity index is 677. The molecule has 1 aliphatic rings. The Morgan fingerprint density at radius 2 is 2.14 bits per heavy atom. The van der Waals surface area contributed by atoms with Crippen LogP contribution >= 0.6 is 0 Å². The van der Waals surface area contributed by atoms with Gasteiger partial charge in [0.2, 0.25) is 0 Å². The minimum atomic E-state index is -0.0483. The van der Waals surface area contributed by atoms with E-state index in [0.29, 0.717) is 12.5 Å². The molecule has 0 saturated carbocycles. The van der Waals surface area contributed by atoms with Crippen LogP contribution in [0.25, 0.3) is 0 Å². The summed E-state index contributed by atoms with van der Waals surface area (Å²) in [5.74, 6) is 2.25. The molecule has 0 aromatic carbocycles. The van der Waals surface area contributed by atoms with Gasteiger partial charge in [0.1, 0.15) is 18.0 Å². The highest BCUT2D eigenvalue weighted by Crippen LogP contribution is 2.25. The Morgan fingerprint density at radius 1 is 1.33 bits per heavy atom. The third kappa shape index (κ3) is 2.86. The zero-order valence-electron chi connectivity index (χ0n) is 12.2. The molecule has 0 unspecified atom stereocenters. The van der Waals surface area contributed by atoms with Gasteiger partial charge in [-0.15, -0.1) is 0 Å². The number of rotatable bonds is 4. The molecule has 1 aliphatic heterocycles. The van der Waals surface area contributed by atoms with E-state index < -0.39 is 0 Å². The summed E-state index contributed by atoms with van der Waals surface area (Å²) in [6.07, 6.45) is 3.23. The smallest absolute Gasteiger partial charge is 0.266 e. The van der Waals surface area contributed by atoms with E-state index in [4.69, 9.17) is 0 Å². The Hall–Kier alpha value is -2.44. The summed E-state index contributed by atoms with van der Waals surface area (Å²) in [7, 11) is 3.91. The highest BCUT2D eigenvalue weighted by Gasteiger charge is 2.28. The molecule has 110 valence electrons. The highest BCUT2D eigenvalue weighted by atomic mass is 16.1. The van der Waals surface area contributed by atoms with E-state index in [9.17, 15) is 4.79 Å². The highest BCUT2D eigenvalue weighted by molar-refractivity contribution is 5.50. The van der Waals surface area contributed by atoms with Crippen molar-refractivity contribution in [2.24, 2.45) is 5.92 Å². The minimum absolute atomic E-state index is 0.0483. The van der Waals surface area contributed by atoms with Crippen molar-refractivity contribution >= 4 is 11.6 Å². The molecule has 1 saturated heterocycles. The van der Waals surface area contributed by atoms with E-state index >= 15 is 0 Å². The standard InChI is InChI=1S/C14H18N6O/c1-18(2)12-6-13(16-10-15-12)19-7-11(8-19)9-20-14(21)4-3-5-17-20/h3-6,10-11H,7-9H2,1-2H3. The van der Waals surface area contributed by atoms with E-state index in [0.717, 1.165) is 24.7 Å².